The van der Waals surface area contributed by atoms with E-state index in [0.717, 1.165) is 17.3 Å². The van der Waals surface area contributed by atoms with Gasteiger partial charge in [-0.3, -0.25) is 0 Å². The largest absolute Gasteiger partial charge is 0.497 e. The molecule has 1 aliphatic rings. The first-order valence-electron chi connectivity index (χ1n) is 5.35. The van der Waals surface area contributed by atoms with Gasteiger partial charge in [-0.1, -0.05) is 18.0 Å². The van der Waals surface area contributed by atoms with Gasteiger partial charge in [-0.15, -0.1) is 12.4 Å². The van der Waals surface area contributed by atoms with Crippen LogP contribution in [0.3, 0.4) is 0 Å². The molecular weight excluding hydrogens is 245 g/mol. The molecule has 0 aromatic heterocycles. The van der Waals surface area contributed by atoms with Gasteiger partial charge in [0, 0.05) is 17.6 Å². The van der Waals surface area contributed by atoms with Gasteiger partial charge in [-0.05, 0) is 36.6 Å². The maximum absolute atomic E-state index is 5.98. The zero-order chi connectivity index (χ0) is 10.7. The SMILES string of the molecule is COc1cc(Cl)cc(CNC2CCC2)c1.Cl. The molecule has 1 aliphatic carbocycles. The van der Waals surface area contributed by atoms with Crippen LogP contribution < -0.4 is 10.1 Å². The van der Waals surface area contributed by atoms with Crippen molar-refractivity contribution in [2.24, 2.45) is 0 Å². The molecular formula is C12H17Cl2NO. The fraction of sp³-hybridized carbons (Fsp3) is 0.500. The third-order valence-corrected chi connectivity index (χ3v) is 3.09. The van der Waals surface area contributed by atoms with Crippen LogP contribution in [0.5, 0.6) is 5.75 Å². The lowest BCUT2D eigenvalue weighted by Gasteiger charge is -2.26. The summed E-state index contributed by atoms with van der Waals surface area (Å²) in [4.78, 5) is 0. The zero-order valence-electron chi connectivity index (χ0n) is 9.33. The van der Waals surface area contributed by atoms with Gasteiger partial charge in [-0.2, -0.15) is 0 Å². The van der Waals surface area contributed by atoms with Crippen molar-refractivity contribution >= 4 is 24.0 Å². The lowest BCUT2D eigenvalue weighted by atomic mass is 9.93. The molecule has 90 valence electrons. The van der Waals surface area contributed by atoms with E-state index in [2.05, 4.69) is 5.32 Å². The summed E-state index contributed by atoms with van der Waals surface area (Å²) in [6.07, 6.45) is 3.96. The van der Waals surface area contributed by atoms with Crippen LogP contribution in [0.2, 0.25) is 5.02 Å². The predicted octanol–water partition coefficient (Wildman–Crippen LogP) is 3.41. The number of halogens is 2. The van der Waals surface area contributed by atoms with Crippen LogP contribution in [0.4, 0.5) is 0 Å². The summed E-state index contributed by atoms with van der Waals surface area (Å²) in [7, 11) is 1.66. The van der Waals surface area contributed by atoms with E-state index in [1.807, 2.05) is 18.2 Å². The first-order chi connectivity index (χ1) is 7.28. The third-order valence-electron chi connectivity index (χ3n) is 2.87. The van der Waals surface area contributed by atoms with E-state index in [0.29, 0.717) is 6.04 Å². The smallest absolute Gasteiger partial charge is 0.120 e. The summed E-state index contributed by atoms with van der Waals surface area (Å²) in [5, 5.41) is 4.24. The van der Waals surface area contributed by atoms with Crippen molar-refractivity contribution in [3.8, 4) is 5.75 Å². The molecule has 1 aromatic rings. The molecule has 2 nitrogen and oxygen atoms in total. The number of ether oxygens (including phenoxy) is 1. The molecule has 1 saturated carbocycles. The average molecular weight is 262 g/mol. The Hall–Kier alpha value is -0.440. The van der Waals surface area contributed by atoms with Crippen molar-refractivity contribution < 1.29 is 4.74 Å². The summed E-state index contributed by atoms with van der Waals surface area (Å²) < 4.78 is 5.17. The van der Waals surface area contributed by atoms with E-state index in [1.165, 1.54) is 24.8 Å². The first-order valence-corrected chi connectivity index (χ1v) is 5.72. The summed E-state index contributed by atoms with van der Waals surface area (Å²) >= 11 is 5.98. The molecule has 1 fully saturated rings. The van der Waals surface area contributed by atoms with Crippen LogP contribution >= 0.6 is 24.0 Å². The number of methoxy groups -OCH3 is 1. The molecule has 0 heterocycles. The third kappa shape index (κ3) is 3.55. The number of hydrogen-bond acceptors (Lipinski definition) is 2. The van der Waals surface area contributed by atoms with Crippen molar-refractivity contribution in [2.75, 3.05) is 7.11 Å². The highest BCUT2D eigenvalue weighted by atomic mass is 35.5. The number of hydrogen-bond donors (Lipinski definition) is 1. The Labute approximate surface area is 108 Å². The Kier molecular flexibility index (Phi) is 5.39. The Morgan fingerprint density at radius 1 is 1.38 bits per heavy atom. The van der Waals surface area contributed by atoms with Crippen molar-refractivity contribution in [1.29, 1.82) is 0 Å². The summed E-state index contributed by atoms with van der Waals surface area (Å²) in [5.74, 6) is 0.827. The molecule has 4 heteroatoms. The minimum absolute atomic E-state index is 0. The topological polar surface area (TPSA) is 21.3 Å². The Morgan fingerprint density at radius 3 is 2.69 bits per heavy atom. The van der Waals surface area contributed by atoms with Crippen molar-refractivity contribution in [1.82, 2.24) is 5.32 Å². The molecule has 16 heavy (non-hydrogen) atoms. The average Bonchev–Trinajstić information content (AvgIpc) is 2.14. The van der Waals surface area contributed by atoms with Crippen LogP contribution in [0.15, 0.2) is 18.2 Å². The molecule has 0 aliphatic heterocycles. The van der Waals surface area contributed by atoms with E-state index in [4.69, 9.17) is 16.3 Å². The molecule has 0 bridgehead atoms. The first kappa shape index (κ1) is 13.6. The lowest BCUT2D eigenvalue weighted by Crippen LogP contribution is -2.34. The maximum atomic E-state index is 5.98. The van der Waals surface area contributed by atoms with Gasteiger partial charge in [0.2, 0.25) is 0 Å². The fourth-order valence-electron chi connectivity index (χ4n) is 1.72. The lowest BCUT2D eigenvalue weighted by molar-refractivity contribution is 0.338. The summed E-state index contributed by atoms with van der Waals surface area (Å²) in [5.41, 5.74) is 1.19. The number of nitrogens with one attached hydrogen (secondary N) is 1. The molecule has 1 aromatic carbocycles. The number of rotatable bonds is 4. The second kappa shape index (κ2) is 6.33. The van der Waals surface area contributed by atoms with Crippen LogP contribution in [0, 0.1) is 0 Å². The van der Waals surface area contributed by atoms with Crippen LogP contribution in [-0.2, 0) is 6.54 Å². The predicted molar refractivity (Wildman–Crippen MR) is 69.7 cm³/mol. The fourth-order valence-corrected chi connectivity index (χ4v) is 1.96. The standard InChI is InChI=1S/C12H16ClNO.ClH/c1-15-12-6-9(5-10(13)7-12)8-14-11-3-2-4-11;/h5-7,11,14H,2-4,8H2,1H3;1H. The normalized spacial score (nSPS) is 15.1. The van der Waals surface area contributed by atoms with E-state index >= 15 is 0 Å². The quantitative estimate of drug-likeness (QED) is 0.897. The zero-order valence-corrected chi connectivity index (χ0v) is 10.9. The second-order valence-corrected chi connectivity index (χ2v) is 4.44. The van der Waals surface area contributed by atoms with Gasteiger partial charge in [0.25, 0.3) is 0 Å². The molecule has 0 amide bonds. The molecule has 0 spiro atoms. The van der Waals surface area contributed by atoms with Crippen molar-refractivity contribution in [3.05, 3.63) is 28.8 Å². The minimum Gasteiger partial charge on any atom is -0.497 e. The van der Waals surface area contributed by atoms with Crippen LogP contribution in [-0.4, -0.2) is 13.2 Å². The van der Waals surface area contributed by atoms with E-state index < -0.39 is 0 Å². The van der Waals surface area contributed by atoms with Gasteiger partial charge in [0.05, 0.1) is 7.11 Å². The van der Waals surface area contributed by atoms with Crippen molar-refractivity contribution in [3.63, 3.8) is 0 Å². The Balaban J connectivity index is 0.00000128. The van der Waals surface area contributed by atoms with E-state index in [9.17, 15) is 0 Å². The Morgan fingerprint density at radius 2 is 2.12 bits per heavy atom. The summed E-state index contributed by atoms with van der Waals surface area (Å²) in [6, 6.07) is 6.54. The van der Waals surface area contributed by atoms with E-state index in [1.54, 1.807) is 7.11 Å². The van der Waals surface area contributed by atoms with Gasteiger partial charge in [0.15, 0.2) is 0 Å². The maximum Gasteiger partial charge on any atom is 0.120 e. The van der Waals surface area contributed by atoms with Gasteiger partial charge < -0.3 is 10.1 Å². The highest BCUT2D eigenvalue weighted by Gasteiger charge is 2.16. The Bertz CT molecular complexity index is 340. The minimum atomic E-state index is 0. The molecule has 0 saturated heterocycles. The number of benzene rings is 1. The summed E-state index contributed by atoms with van der Waals surface area (Å²) in [6.45, 7) is 0.877. The van der Waals surface area contributed by atoms with Gasteiger partial charge in [-0.25, -0.2) is 0 Å². The second-order valence-electron chi connectivity index (χ2n) is 4.01. The molecule has 0 radical (unpaired) electrons. The van der Waals surface area contributed by atoms with Crippen LogP contribution in [0.1, 0.15) is 24.8 Å². The highest BCUT2D eigenvalue weighted by Crippen LogP contribution is 2.22. The van der Waals surface area contributed by atoms with Gasteiger partial charge in [0.1, 0.15) is 5.75 Å². The monoisotopic (exact) mass is 261 g/mol. The molecule has 2 rings (SSSR count). The van der Waals surface area contributed by atoms with E-state index in [-0.39, 0.29) is 12.4 Å². The molecule has 1 N–H and O–H groups in total. The van der Waals surface area contributed by atoms with Crippen LogP contribution in [0.25, 0.3) is 0 Å². The molecule has 0 atom stereocenters. The molecule has 0 unspecified atom stereocenters. The van der Waals surface area contributed by atoms with Gasteiger partial charge >= 0.3 is 0 Å². The highest BCUT2D eigenvalue weighted by molar-refractivity contribution is 6.30. The van der Waals surface area contributed by atoms with Crippen molar-refractivity contribution in [2.45, 2.75) is 31.8 Å².